The fourth-order valence-corrected chi connectivity index (χ4v) is 9.00. The molecule has 0 amide bonds. The number of allylic oxidation sites excluding steroid dienone is 8. The van der Waals surface area contributed by atoms with E-state index in [1.807, 2.05) is 0 Å². The lowest BCUT2D eigenvalue weighted by molar-refractivity contribution is 0.0567. The SMILES string of the molecule is C=COC1CC(C/C=C(\C)CC/C=C/C=C2\CCC3C(CC)C(C)=CC(N)C23)CC(C/C(CC(CC)/C(C)=C/C(C)C)=N/OC)C1. The van der Waals surface area contributed by atoms with Crippen LogP contribution in [0.25, 0.3) is 0 Å². The molecule has 8 atom stereocenters. The molecule has 2 saturated carbocycles. The number of oxime groups is 1. The number of nitrogens with two attached hydrogens (primary N) is 1. The highest BCUT2D eigenvalue weighted by Gasteiger charge is 2.42. The van der Waals surface area contributed by atoms with Crippen LogP contribution in [0.4, 0.5) is 0 Å². The van der Waals surface area contributed by atoms with Crippen molar-refractivity contribution in [3.05, 3.63) is 71.6 Å². The molecule has 0 aromatic heterocycles. The van der Waals surface area contributed by atoms with Crippen molar-refractivity contribution in [1.82, 2.24) is 0 Å². The molecule has 2 N–H and O–H groups in total. The normalized spacial score (nSPS) is 30.9. The largest absolute Gasteiger partial charge is 0.499 e. The molecule has 0 radical (unpaired) electrons. The number of rotatable bonds is 17. The van der Waals surface area contributed by atoms with E-state index in [9.17, 15) is 0 Å². The van der Waals surface area contributed by atoms with Crippen LogP contribution in [0.1, 0.15) is 126 Å². The van der Waals surface area contributed by atoms with Crippen LogP contribution in [0.2, 0.25) is 0 Å². The molecule has 4 nitrogen and oxygen atoms in total. The third kappa shape index (κ3) is 11.4. The summed E-state index contributed by atoms with van der Waals surface area (Å²) >= 11 is 0. The van der Waals surface area contributed by atoms with Crippen molar-refractivity contribution in [3.8, 4) is 0 Å². The summed E-state index contributed by atoms with van der Waals surface area (Å²) in [6.07, 6.45) is 29.6. The van der Waals surface area contributed by atoms with E-state index in [1.54, 1.807) is 18.9 Å². The second-order valence-electron chi connectivity index (χ2n) is 15.1. The highest BCUT2D eigenvalue weighted by Crippen LogP contribution is 2.48. The van der Waals surface area contributed by atoms with Gasteiger partial charge in [0.25, 0.3) is 0 Å². The molecular weight excluding hydrogens is 564 g/mol. The van der Waals surface area contributed by atoms with Gasteiger partial charge in [-0.15, -0.1) is 0 Å². The lowest BCUT2D eigenvalue weighted by atomic mass is 9.70. The first kappa shape index (κ1) is 38.1. The topological polar surface area (TPSA) is 56.8 Å². The zero-order chi connectivity index (χ0) is 33.6. The van der Waals surface area contributed by atoms with Crippen LogP contribution in [-0.2, 0) is 9.57 Å². The first-order valence-electron chi connectivity index (χ1n) is 18.6. The Morgan fingerprint density at radius 2 is 1.91 bits per heavy atom. The molecule has 0 heterocycles. The summed E-state index contributed by atoms with van der Waals surface area (Å²) in [6, 6.07) is 0.180. The molecule has 4 heteroatoms. The third-order valence-corrected chi connectivity index (χ3v) is 11.1. The maximum atomic E-state index is 6.63. The van der Waals surface area contributed by atoms with Crippen LogP contribution < -0.4 is 5.73 Å². The van der Waals surface area contributed by atoms with Gasteiger partial charge in [-0.05, 0) is 133 Å². The van der Waals surface area contributed by atoms with E-state index in [0.717, 1.165) is 57.3 Å². The Morgan fingerprint density at radius 3 is 2.59 bits per heavy atom. The van der Waals surface area contributed by atoms with Crippen LogP contribution in [0.5, 0.6) is 0 Å². The number of ether oxygens (including phenoxy) is 1. The minimum absolute atomic E-state index is 0.180. The number of nitrogens with zero attached hydrogens (tertiary/aromatic N) is 1. The molecule has 0 spiro atoms. The quantitative estimate of drug-likeness (QED) is 0.0751. The molecule has 3 aliphatic rings. The van der Waals surface area contributed by atoms with Gasteiger partial charge in [-0.2, -0.15) is 0 Å². The minimum Gasteiger partial charge on any atom is -0.499 e. The lowest BCUT2D eigenvalue weighted by Gasteiger charge is -2.37. The van der Waals surface area contributed by atoms with Crippen molar-refractivity contribution in [3.63, 3.8) is 0 Å². The number of hydrogen-bond acceptors (Lipinski definition) is 4. The third-order valence-electron chi connectivity index (χ3n) is 11.1. The zero-order valence-electron chi connectivity index (χ0n) is 30.8. The van der Waals surface area contributed by atoms with Crippen molar-refractivity contribution in [1.29, 1.82) is 0 Å². The number of fused-ring (bicyclic) bond motifs is 1. The fourth-order valence-electron chi connectivity index (χ4n) is 9.00. The summed E-state index contributed by atoms with van der Waals surface area (Å²) in [7, 11) is 1.68. The van der Waals surface area contributed by atoms with E-state index >= 15 is 0 Å². The van der Waals surface area contributed by atoms with Crippen molar-refractivity contribution in [2.45, 2.75) is 138 Å². The Labute approximate surface area is 283 Å². The monoisotopic (exact) mass is 633 g/mol. The van der Waals surface area contributed by atoms with E-state index in [2.05, 4.69) is 96.7 Å². The van der Waals surface area contributed by atoms with Crippen LogP contribution in [0.15, 0.2) is 76.7 Å². The smallest absolute Gasteiger partial charge is 0.106 e. The molecule has 3 aliphatic carbocycles. The first-order chi connectivity index (χ1) is 22.1. The summed E-state index contributed by atoms with van der Waals surface area (Å²) in [4.78, 5) is 5.35. The Bertz CT molecular complexity index is 1140. The number of hydrogen-bond donors (Lipinski definition) is 1. The zero-order valence-corrected chi connectivity index (χ0v) is 30.8. The molecule has 3 rings (SSSR count). The molecule has 0 bridgehead atoms. The summed E-state index contributed by atoms with van der Waals surface area (Å²) in [5, 5.41) is 4.54. The van der Waals surface area contributed by atoms with Gasteiger partial charge in [0.2, 0.25) is 0 Å². The van der Waals surface area contributed by atoms with Crippen molar-refractivity contribution in [2.24, 2.45) is 52.3 Å². The van der Waals surface area contributed by atoms with Crippen molar-refractivity contribution >= 4 is 5.71 Å². The Balaban J connectivity index is 1.54. The van der Waals surface area contributed by atoms with E-state index in [1.165, 1.54) is 48.1 Å². The molecule has 2 fully saturated rings. The molecule has 0 aliphatic heterocycles. The first-order valence-corrected chi connectivity index (χ1v) is 18.6. The summed E-state index contributed by atoms with van der Waals surface area (Å²) in [5.41, 5.74) is 13.9. The molecular formula is C42H68N2O2. The van der Waals surface area contributed by atoms with Crippen LogP contribution in [-0.4, -0.2) is 25.0 Å². The van der Waals surface area contributed by atoms with Crippen molar-refractivity contribution < 1.29 is 9.57 Å². The van der Waals surface area contributed by atoms with Crippen LogP contribution >= 0.6 is 0 Å². The molecule has 46 heavy (non-hydrogen) atoms. The summed E-state index contributed by atoms with van der Waals surface area (Å²) < 4.78 is 6.00. The lowest BCUT2D eigenvalue weighted by Crippen LogP contribution is -2.39. The minimum atomic E-state index is 0.180. The van der Waals surface area contributed by atoms with E-state index < -0.39 is 0 Å². The van der Waals surface area contributed by atoms with Crippen molar-refractivity contribution in [2.75, 3.05) is 7.11 Å². The van der Waals surface area contributed by atoms with Gasteiger partial charge in [0.05, 0.1) is 18.1 Å². The fraction of sp³-hybridized carbons (Fsp3) is 0.690. The van der Waals surface area contributed by atoms with E-state index in [-0.39, 0.29) is 12.1 Å². The second kappa shape index (κ2) is 19.5. The van der Waals surface area contributed by atoms with Gasteiger partial charge in [-0.1, -0.05) is 98.2 Å². The predicted octanol–water partition coefficient (Wildman–Crippen LogP) is 11.3. The average Bonchev–Trinajstić information content (AvgIpc) is 3.42. The maximum Gasteiger partial charge on any atom is 0.106 e. The van der Waals surface area contributed by atoms with E-state index in [4.69, 9.17) is 15.3 Å². The summed E-state index contributed by atoms with van der Waals surface area (Å²) in [5.74, 6) is 4.22. The molecule has 0 aromatic carbocycles. The molecule has 0 aromatic rings. The second-order valence-corrected chi connectivity index (χ2v) is 15.1. The van der Waals surface area contributed by atoms with Gasteiger partial charge >= 0.3 is 0 Å². The van der Waals surface area contributed by atoms with Crippen LogP contribution in [0.3, 0.4) is 0 Å². The van der Waals surface area contributed by atoms with Gasteiger partial charge < -0.3 is 15.3 Å². The van der Waals surface area contributed by atoms with Gasteiger partial charge in [-0.25, -0.2) is 0 Å². The standard InChI is InChI=1S/C42H68N2O2/c1-10-35(31(7)22-29(4)5)28-37(44-45-9)25-34-24-33(26-38(27-34)46-12-3)19-18-30(6)16-14-13-15-17-36-20-21-40-39(11-2)32(8)23-41(43)42(36)40/h12-13,15,17-18,22-23,29,33-35,38-42H,3,10-11,14,16,19-21,24-28,43H2,1-2,4-9H3/b15-13+,30-18+,31-22+,36-17+,44-37-. The van der Waals surface area contributed by atoms with Gasteiger partial charge in [0, 0.05) is 12.0 Å². The Hall–Kier alpha value is -2.33. The summed E-state index contributed by atoms with van der Waals surface area (Å²) in [6.45, 7) is 19.9. The maximum absolute atomic E-state index is 6.63. The Kier molecular flexibility index (Phi) is 16.1. The predicted molar refractivity (Wildman–Crippen MR) is 199 cm³/mol. The Morgan fingerprint density at radius 1 is 1.15 bits per heavy atom. The highest BCUT2D eigenvalue weighted by atomic mass is 16.6. The molecule has 0 saturated heterocycles. The van der Waals surface area contributed by atoms with E-state index in [0.29, 0.717) is 35.5 Å². The van der Waals surface area contributed by atoms with Gasteiger partial charge in [-0.3, -0.25) is 0 Å². The van der Waals surface area contributed by atoms with Gasteiger partial charge in [0.1, 0.15) is 7.11 Å². The highest BCUT2D eigenvalue weighted by molar-refractivity contribution is 5.84. The van der Waals surface area contributed by atoms with Crippen LogP contribution in [0, 0.1) is 41.4 Å². The average molecular weight is 633 g/mol. The van der Waals surface area contributed by atoms with Gasteiger partial charge in [0.15, 0.2) is 0 Å². The molecule has 8 unspecified atom stereocenters. The molecule has 258 valence electrons.